The van der Waals surface area contributed by atoms with Gasteiger partial charge in [0, 0.05) is 25.2 Å². The van der Waals surface area contributed by atoms with Gasteiger partial charge >= 0.3 is 0 Å². The Morgan fingerprint density at radius 1 is 1.00 bits per heavy atom. The highest BCUT2D eigenvalue weighted by atomic mass is 16.5. The predicted molar refractivity (Wildman–Crippen MR) is 146 cm³/mol. The third-order valence-electron chi connectivity index (χ3n) is 6.61. The van der Waals surface area contributed by atoms with Gasteiger partial charge in [-0.05, 0) is 35.2 Å². The van der Waals surface area contributed by atoms with E-state index in [1.807, 2.05) is 42.5 Å². The Hall–Kier alpha value is -3.84. The Balaban J connectivity index is 1.26. The maximum atomic E-state index is 13.4. The SMILES string of the molecule is NCOCCOCCOCCNC(=O)CNc1cccc(-c2cccc3c2C(=O)N(C2CCC(=O)NC2=O)C3)c1. The second kappa shape index (κ2) is 14.5. The first kappa shape index (κ1) is 29.2. The summed E-state index contributed by atoms with van der Waals surface area (Å²) in [5, 5.41) is 8.24. The van der Waals surface area contributed by atoms with Crippen molar-refractivity contribution in [3.8, 4) is 11.1 Å². The highest BCUT2D eigenvalue weighted by Gasteiger charge is 2.40. The van der Waals surface area contributed by atoms with Crippen molar-refractivity contribution in [1.29, 1.82) is 0 Å². The minimum absolute atomic E-state index is 0.0722. The zero-order valence-electron chi connectivity index (χ0n) is 22.3. The monoisotopic (exact) mass is 553 g/mol. The van der Waals surface area contributed by atoms with Gasteiger partial charge in [-0.3, -0.25) is 24.5 Å². The molecule has 0 spiro atoms. The zero-order valence-corrected chi connectivity index (χ0v) is 22.3. The number of nitrogens with one attached hydrogen (secondary N) is 3. The Morgan fingerprint density at radius 3 is 2.52 bits per heavy atom. The molecule has 4 amide bonds. The van der Waals surface area contributed by atoms with E-state index in [4.69, 9.17) is 19.9 Å². The number of hydrogen-bond donors (Lipinski definition) is 4. The normalized spacial score (nSPS) is 16.6. The second-order valence-corrected chi connectivity index (χ2v) is 9.32. The van der Waals surface area contributed by atoms with E-state index in [0.717, 1.165) is 22.4 Å². The van der Waals surface area contributed by atoms with Gasteiger partial charge in [-0.2, -0.15) is 0 Å². The molecule has 0 radical (unpaired) electrons. The van der Waals surface area contributed by atoms with E-state index in [9.17, 15) is 19.2 Å². The molecule has 12 nitrogen and oxygen atoms in total. The number of nitrogens with two attached hydrogens (primary N) is 1. The lowest BCUT2D eigenvalue weighted by Crippen LogP contribution is -2.52. The number of anilines is 1. The highest BCUT2D eigenvalue weighted by Crippen LogP contribution is 2.35. The van der Waals surface area contributed by atoms with Crippen molar-refractivity contribution >= 4 is 29.3 Å². The van der Waals surface area contributed by atoms with Crippen molar-refractivity contribution < 1.29 is 33.4 Å². The van der Waals surface area contributed by atoms with Crippen LogP contribution in [0.3, 0.4) is 0 Å². The lowest BCUT2D eigenvalue weighted by molar-refractivity contribution is -0.137. The zero-order chi connectivity index (χ0) is 28.3. The van der Waals surface area contributed by atoms with Crippen molar-refractivity contribution in [2.24, 2.45) is 5.73 Å². The van der Waals surface area contributed by atoms with Gasteiger partial charge in [-0.15, -0.1) is 0 Å². The number of carbonyl (C=O) groups is 4. The molecule has 0 bridgehead atoms. The number of rotatable bonds is 15. The summed E-state index contributed by atoms with van der Waals surface area (Å²) in [6.45, 7) is 3.04. The lowest BCUT2D eigenvalue weighted by atomic mass is 9.96. The van der Waals surface area contributed by atoms with Gasteiger partial charge in [-0.1, -0.05) is 30.3 Å². The molecule has 5 N–H and O–H groups in total. The van der Waals surface area contributed by atoms with Crippen LogP contribution in [-0.2, 0) is 35.1 Å². The van der Waals surface area contributed by atoms with Crippen molar-refractivity contribution in [3.05, 3.63) is 53.6 Å². The molecule has 0 saturated carbocycles. The number of fused-ring (bicyclic) bond motifs is 1. The third-order valence-corrected chi connectivity index (χ3v) is 6.61. The molecule has 2 aliphatic heterocycles. The summed E-state index contributed by atoms with van der Waals surface area (Å²) in [5.74, 6) is -1.16. The number of nitrogens with zero attached hydrogens (tertiary/aromatic N) is 1. The number of amides is 4. The first-order valence-corrected chi connectivity index (χ1v) is 13.3. The molecule has 1 unspecified atom stereocenters. The molecule has 1 saturated heterocycles. The van der Waals surface area contributed by atoms with E-state index < -0.39 is 11.9 Å². The molecular formula is C28H35N5O7. The summed E-state index contributed by atoms with van der Waals surface area (Å²) < 4.78 is 15.7. The smallest absolute Gasteiger partial charge is 0.255 e. The molecule has 2 aromatic carbocycles. The number of imide groups is 1. The Bertz CT molecular complexity index is 1220. The molecule has 214 valence electrons. The Kier molecular flexibility index (Phi) is 10.6. The Morgan fingerprint density at radius 2 is 1.75 bits per heavy atom. The van der Waals surface area contributed by atoms with E-state index in [1.165, 1.54) is 4.90 Å². The summed E-state index contributed by atoms with van der Waals surface area (Å²) in [4.78, 5) is 51.2. The van der Waals surface area contributed by atoms with Crippen molar-refractivity contribution in [3.63, 3.8) is 0 Å². The average Bonchev–Trinajstić information content (AvgIpc) is 3.29. The van der Waals surface area contributed by atoms with Gasteiger partial charge in [-0.25, -0.2) is 0 Å². The largest absolute Gasteiger partial charge is 0.377 e. The number of hydrogen-bond acceptors (Lipinski definition) is 9. The molecule has 4 rings (SSSR count). The predicted octanol–water partition coefficient (Wildman–Crippen LogP) is 0.609. The van der Waals surface area contributed by atoms with E-state index >= 15 is 0 Å². The van der Waals surface area contributed by atoms with Gasteiger partial charge in [0.05, 0.1) is 51.9 Å². The molecule has 0 aromatic heterocycles. The summed E-state index contributed by atoms with van der Waals surface area (Å²) in [5.41, 5.74) is 8.89. The fraction of sp³-hybridized carbons (Fsp3) is 0.429. The maximum Gasteiger partial charge on any atom is 0.255 e. The van der Waals surface area contributed by atoms with Crippen LogP contribution < -0.4 is 21.7 Å². The van der Waals surface area contributed by atoms with Gasteiger partial charge in [0.2, 0.25) is 17.7 Å². The maximum absolute atomic E-state index is 13.4. The van der Waals surface area contributed by atoms with Crippen LogP contribution in [0.2, 0.25) is 0 Å². The highest BCUT2D eigenvalue weighted by molar-refractivity contribution is 6.08. The fourth-order valence-electron chi connectivity index (χ4n) is 4.68. The molecule has 2 heterocycles. The van der Waals surface area contributed by atoms with Crippen LogP contribution >= 0.6 is 0 Å². The molecule has 2 aromatic rings. The van der Waals surface area contributed by atoms with Crippen LogP contribution in [-0.4, -0.2) is 87.4 Å². The van der Waals surface area contributed by atoms with E-state index in [-0.39, 0.29) is 37.4 Å². The summed E-state index contributed by atoms with van der Waals surface area (Å²) in [6, 6.07) is 12.4. The summed E-state index contributed by atoms with van der Waals surface area (Å²) in [6.07, 6.45) is 0.520. The van der Waals surface area contributed by atoms with E-state index in [1.54, 1.807) is 0 Å². The number of ether oxygens (including phenoxy) is 3. The summed E-state index contributed by atoms with van der Waals surface area (Å²) in [7, 11) is 0. The first-order chi connectivity index (χ1) is 19.5. The number of carbonyl (C=O) groups excluding carboxylic acids is 4. The van der Waals surface area contributed by atoms with Crippen molar-refractivity contribution in [2.45, 2.75) is 25.4 Å². The lowest BCUT2D eigenvalue weighted by Gasteiger charge is -2.29. The van der Waals surface area contributed by atoms with Crippen molar-refractivity contribution in [2.75, 3.05) is 58.2 Å². The van der Waals surface area contributed by atoms with E-state index in [2.05, 4.69) is 16.0 Å². The van der Waals surface area contributed by atoms with Crippen molar-refractivity contribution in [1.82, 2.24) is 15.5 Å². The van der Waals surface area contributed by atoms with Crippen LogP contribution in [0.25, 0.3) is 11.1 Å². The van der Waals surface area contributed by atoms with Gasteiger partial charge in [0.15, 0.2) is 0 Å². The average molecular weight is 554 g/mol. The van der Waals surface area contributed by atoms with Gasteiger partial charge < -0.3 is 35.5 Å². The number of piperidine rings is 1. The first-order valence-electron chi connectivity index (χ1n) is 13.3. The topological polar surface area (TPSA) is 161 Å². The molecule has 2 aliphatic rings. The fourth-order valence-corrected chi connectivity index (χ4v) is 4.68. The molecule has 12 heteroatoms. The van der Waals surface area contributed by atoms with Crippen LogP contribution in [0, 0.1) is 0 Å². The Labute approximate surface area is 232 Å². The molecule has 0 aliphatic carbocycles. The molecular weight excluding hydrogens is 518 g/mol. The minimum Gasteiger partial charge on any atom is -0.377 e. The minimum atomic E-state index is -0.669. The molecule has 1 atom stereocenters. The van der Waals surface area contributed by atoms with Crippen LogP contribution in [0.4, 0.5) is 5.69 Å². The number of benzene rings is 2. The quantitative estimate of drug-likeness (QED) is 0.141. The van der Waals surface area contributed by atoms with Gasteiger partial charge in [0.1, 0.15) is 6.04 Å². The molecule has 40 heavy (non-hydrogen) atoms. The van der Waals surface area contributed by atoms with E-state index in [0.29, 0.717) is 58.1 Å². The standard InChI is InChI=1S/C28H35N5O7/c29-18-40-14-13-39-12-11-38-10-9-30-25(35)16-31-21-5-1-3-19(15-21)22-6-2-4-20-17-33(28(37)26(20)22)23-7-8-24(34)32-27(23)36/h1-6,15,23,31H,7-14,16-18,29H2,(H,30,35)(H,32,34,36). The van der Waals surface area contributed by atoms with Crippen LogP contribution in [0.15, 0.2) is 42.5 Å². The second-order valence-electron chi connectivity index (χ2n) is 9.32. The van der Waals surface area contributed by atoms with Crippen LogP contribution in [0.5, 0.6) is 0 Å². The summed E-state index contributed by atoms with van der Waals surface area (Å²) >= 11 is 0. The third kappa shape index (κ3) is 7.63. The van der Waals surface area contributed by atoms with Crippen LogP contribution in [0.1, 0.15) is 28.8 Å². The van der Waals surface area contributed by atoms with Gasteiger partial charge in [0.25, 0.3) is 5.91 Å². The molecule has 1 fully saturated rings.